The van der Waals surface area contributed by atoms with Crippen molar-refractivity contribution in [3.8, 4) is 16.9 Å². The molecule has 1 unspecified atom stereocenters. The normalized spacial score (nSPS) is 12.2. The van der Waals surface area contributed by atoms with Crippen LogP contribution in [0.1, 0.15) is 16.7 Å². The number of H-pyrrole nitrogens is 1. The number of aryl methyl sites for hydroxylation is 1. The fraction of sp³-hybridized carbons (Fsp3) is 0.129. The van der Waals surface area contributed by atoms with Gasteiger partial charge >= 0.3 is 11.6 Å². The number of nitrogens with one attached hydrogen (secondary N) is 2. The van der Waals surface area contributed by atoms with Crippen molar-refractivity contribution in [2.24, 2.45) is 0 Å². The molecule has 0 aliphatic rings. The van der Waals surface area contributed by atoms with E-state index in [0.29, 0.717) is 38.1 Å². The molecule has 0 spiro atoms. The summed E-state index contributed by atoms with van der Waals surface area (Å²) in [6.45, 7) is 1.73. The van der Waals surface area contributed by atoms with E-state index in [0.717, 1.165) is 22.0 Å². The van der Waals surface area contributed by atoms with Gasteiger partial charge in [0, 0.05) is 50.9 Å². The minimum absolute atomic E-state index is 0.0260. The number of phenolic OH excluding ortho intramolecular Hbond substituents is 1. The summed E-state index contributed by atoms with van der Waals surface area (Å²) in [5, 5.41) is 24.9. The minimum atomic E-state index is -1.26. The van der Waals surface area contributed by atoms with Crippen LogP contribution in [0.5, 0.6) is 5.75 Å². The lowest BCUT2D eigenvalue weighted by atomic mass is 9.99. The molecular formula is C31H23ClN2O7. The molecule has 6 aromatic rings. The molecular weight excluding hydrogens is 548 g/mol. The quantitative estimate of drug-likeness (QED) is 0.180. The third-order valence-corrected chi connectivity index (χ3v) is 7.53. The standard InChI is InChI=1S/C31H23ClN2O7/c1-15-20-10-23-24(16-2-4-18(32)5-3-16)14-40-27(23)12-28(20)41-31(39)21(15)11-29(36)34-26(30(37)38)8-17-13-33-25-7-6-19(35)9-22(17)25/h2-7,9-10,12-14,26,33,35H,8,11H2,1H3,(H,34,36)(H,37,38). The monoisotopic (exact) mass is 570 g/mol. The number of benzene rings is 3. The number of amides is 1. The van der Waals surface area contributed by atoms with Crippen LogP contribution in [-0.4, -0.2) is 33.1 Å². The number of phenols is 1. The Morgan fingerprint density at radius 2 is 1.80 bits per heavy atom. The molecule has 10 heteroatoms. The highest BCUT2D eigenvalue weighted by molar-refractivity contribution is 6.30. The predicted octanol–water partition coefficient (Wildman–Crippen LogP) is 5.71. The van der Waals surface area contributed by atoms with Crippen LogP contribution >= 0.6 is 11.6 Å². The number of carboxylic acids is 1. The summed E-state index contributed by atoms with van der Waals surface area (Å²) in [5.74, 6) is -1.82. The number of aromatic nitrogens is 1. The second-order valence-electron chi connectivity index (χ2n) is 9.88. The van der Waals surface area contributed by atoms with Gasteiger partial charge in [0.25, 0.3) is 0 Å². The molecule has 1 amide bonds. The smallest absolute Gasteiger partial charge is 0.340 e. The molecule has 0 saturated heterocycles. The number of hydrogen-bond acceptors (Lipinski definition) is 6. The predicted molar refractivity (Wildman–Crippen MR) is 154 cm³/mol. The molecule has 0 fully saturated rings. The van der Waals surface area contributed by atoms with E-state index in [1.165, 1.54) is 12.1 Å². The number of carbonyl (C=O) groups excluding carboxylic acids is 1. The molecule has 41 heavy (non-hydrogen) atoms. The Bertz CT molecular complexity index is 2040. The lowest BCUT2D eigenvalue weighted by molar-refractivity contribution is -0.141. The van der Waals surface area contributed by atoms with E-state index < -0.39 is 23.5 Å². The molecule has 3 aromatic heterocycles. The number of furan rings is 1. The number of rotatable bonds is 7. The van der Waals surface area contributed by atoms with Crippen LogP contribution in [0, 0.1) is 6.92 Å². The Morgan fingerprint density at radius 1 is 1.02 bits per heavy atom. The zero-order valence-electron chi connectivity index (χ0n) is 21.7. The largest absolute Gasteiger partial charge is 0.508 e. The molecule has 0 bridgehead atoms. The number of carboxylic acid groups (broad SMARTS) is 1. The van der Waals surface area contributed by atoms with E-state index in [1.807, 2.05) is 18.2 Å². The van der Waals surface area contributed by atoms with Crippen LogP contribution in [0.25, 0.3) is 44.0 Å². The highest BCUT2D eigenvalue weighted by atomic mass is 35.5. The van der Waals surface area contributed by atoms with Crippen molar-refractivity contribution in [3.05, 3.63) is 99.2 Å². The van der Waals surface area contributed by atoms with E-state index in [4.69, 9.17) is 20.4 Å². The average Bonchev–Trinajstić information content (AvgIpc) is 3.53. The van der Waals surface area contributed by atoms with Crippen LogP contribution in [0.2, 0.25) is 5.02 Å². The molecule has 6 rings (SSSR count). The van der Waals surface area contributed by atoms with Gasteiger partial charge in [-0.2, -0.15) is 0 Å². The summed E-state index contributed by atoms with van der Waals surface area (Å²) in [5.41, 5.74) is 3.91. The van der Waals surface area contributed by atoms with Gasteiger partial charge in [0.2, 0.25) is 5.91 Å². The molecule has 0 saturated carbocycles. The SMILES string of the molecule is Cc1c(CC(=O)NC(Cc2c[nH]c3ccc(O)cc23)C(=O)O)c(=O)oc2cc3occ(-c4ccc(Cl)cc4)c3cc12. The van der Waals surface area contributed by atoms with Gasteiger partial charge in [-0.15, -0.1) is 0 Å². The lowest BCUT2D eigenvalue weighted by Crippen LogP contribution is -2.43. The number of halogens is 1. The fourth-order valence-electron chi connectivity index (χ4n) is 5.13. The summed E-state index contributed by atoms with van der Waals surface area (Å²) in [4.78, 5) is 41.0. The summed E-state index contributed by atoms with van der Waals surface area (Å²) < 4.78 is 11.3. The van der Waals surface area contributed by atoms with Gasteiger partial charge in [0.1, 0.15) is 23.0 Å². The molecule has 3 aromatic carbocycles. The van der Waals surface area contributed by atoms with Crippen LogP contribution in [0.15, 0.2) is 80.7 Å². The first-order valence-electron chi connectivity index (χ1n) is 12.7. The lowest BCUT2D eigenvalue weighted by Gasteiger charge is -2.15. The van der Waals surface area contributed by atoms with Gasteiger partial charge in [0.05, 0.1) is 18.2 Å². The van der Waals surface area contributed by atoms with Gasteiger partial charge in [0.15, 0.2) is 0 Å². The molecule has 0 radical (unpaired) electrons. The summed E-state index contributed by atoms with van der Waals surface area (Å²) in [7, 11) is 0. The van der Waals surface area contributed by atoms with Gasteiger partial charge < -0.3 is 29.3 Å². The summed E-state index contributed by atoms with van der Waals surface area (Å²) >= 11 is 6.04. The van der Waals surface area contributed by atoms with Gasteiger partial charge in [-0.05, 0) is 60.0 Å². The molecule has 0 aliphatic carbocycles. The Labute approximate surface area is 237 Å². The Balaban J connectivity index is 1.29. The first kappa shape index (κ1) is 26.2. The number of carbonyl (C=O) groups is 2. The Hall–Kier alpha value is -5.02. The number of aromatic hydroxyl groups is 1. The highest BCUT2D eigenvalue weighted by Crippen LogP contribution is 2.35. The molecule has 206 valence electrons. The average molecular weight is 571 g/mol. The van der Waals surface area contributed by atoms with Crippen LogP contribution in [-0.2, 0) is 22.4 Å². The maximum Gasteiger partial charge on any atom is 0.340 e. The molecule has 0 aliphatic heterocycles. The number of aromatic amines is 1. The first-order chi connectivity index (χ1) is 19.7. The van der Waals surface area contributed by atoms with E-state index in [1.54, 1.807) is 43.6 Å². The second-order valence-corrected chi connectivity index (χ2v) is 10.3. The minimum Gasteiger partial charge on any atom is -0.508 e. The van der Waals surface area contributed by atoms with Crippen molar-refractivity contribution in [1.82, 2.24) is 10.3 Å². The molecule has 4 N–H and O–H groups in total. The van der Waals surface area contributed by atoms with Crippen molar-refractivity contribution >= 4 is 56.3 Å². The third-order valence-electron chi connectivity index (χ3n) is 7.28. The summed E-state index contributed by atoms with van der Waals surface area (Å²) in [6.07, 6.45) is 2.87. The van der Waals surface area contributed by atoms with E-state index in [9.17, 15) is 24.6 Å². The van der Waals surface area contributed by atoms with Crippen molar-refractivity contribution in [1.29, 1.82) is 0 Å². The van der Waals surface area contributed by atoms with Crippen LogP contribution in [0.4, 0.5) is 0 Å². The van der Waals surface area contributed by atoms with E-state index in [2.05, 4.69) is 10.3 Å². The maximum atomic E-state index is 13.0. The van der Waals surface area contributed by atoms with Crippen molar-refractivity contribution in [2.75, 3.05) is 0 Å². The fourth-order valence-corrected chi connectivity index (χ4v) is 5.25. The Kier molecular flexibility index (Phi) is 6.51. The van der Waals surface area contributed by atoms with Gasteiger partial charge in [-0.1, -0.05) is 23.7 Å². The first-order valence-corrected chi connectivity index (χ1v) is 13.1. The van der Waals surface area contributed by atoms with Gasteiger partial charge in [-0.25, -0.2) is 9.59 Å². The second kappa shape index (κ2) is 10.2. The highest BCUT2D eigenvalue weighted by Gasteiger charge is 2.24. The van der Waals surface area contributed by atoms with Crippen molar-refractivity contribution in [2.45, 2.75) is 25.8 Å². The van der Waals surface area contributed by atoms with E-state index in [-0.39, 0.29) is 24.2 Å². The number of aliphatic carboxylic acids is 1. The third kappa shape index (κ3) is 4.92. The zero-order valence-corrected chi connectivity index (χ0v) is 22.4. The maximum absolute atomic E-state index is 13.0. The van der Waals surface area contributed by atoms with Crippen molar-refractivity contribution in [3.63, 3.8) is 0 Å². The van der Waals surface area contributed by atoms with E-state index >= 15 is 0 Å². The Morgan fingerprint density at radius 3 is 2.56 bits per heavy atom. The van der Waals surface area contributed by atoms with Crippen LogP contribution < -0.4 is 10.9 Å². The number of fused-ring (bicyclic) bond motifs is 3. The topological polar surface area (TPSA) is 146 Å². The van der Waals surface area contributed by atoms with Crippen molar-refractivity contribution < 1.29 is 28.6 Å². The summed E-state index contributed by atoms with van der Waals surface area (Å²) in [6, 6.07) is 14.3. The van der Waals surface area contributed by atoms with Gasteiger partial charge in [-0.3, -0.25) is 4.79 Å². The number of hydrogen-bond donors (Lipinski definition) is 4. The molecule has 1 atom stereocenters. The van der Waals surface area contributed by atoms with Crippen LogP contribution in [0.3, 0.4) is 0 Å². The molecule has 3 heterocycles. The molecule has 9 nitrogen and oxygen atoms in total. The zero-order chi connectivity index (χ0) is 28.8.